The molecule has 1 N–H and O–H groups in total. The summed E-state index contributed by atoms with van der Waals surface area (Å²) in [5.74, 6) is -0.292. The van der Waals surface area contributed by atoms with Gasteiger partial charge in [0.15, 0.2) is 6.10 Å². The lowest BCUT2D eigenvalue weighted by atomic mass is 9.90. The highest BCUT2D eigenvalue weighted by Gasteiger charge is 2.21. The summed E-state index contributed by atoms with van der Waals surface area (Å²) in [4.78, 5) is 24.9. The van der Waals surface area contributed by atoms with Crippen molar-refractivity contribution in [1.29, 1.82) is 0 Å². The van der Waals surface area contributed by atoms with Gasteiger partial charge in [0, 0.05) is 0 Å². The second-order valence-corrected chi connectivity index (χ2v) is 6.66. The zero-order valence-corrected chi connectivity index (χ0v) is 15.8. The minimum absolute atomic E-state index is 0.395. The van der Waals surface area contributed by atoms with E-state index < -0.39 is 18.0 Å². The lowest BCUT2D eigenvalue weighted by Gasteiger charge is -2.18. The number of ether oxygens (including phenoxy) is 2. The smallest absolute Gasteiger partial charge is 0.338 e. The van der Waals surface area contributed by atoms with Crippen molar-refractivity contribution in [2.24, 2.45) is 0 Å². The maximum atomic E-state index is 12.4. The van der Waals surface area contributed by atoms with Gasteiger partial charge in [0.2, 0.25) is 0 Å². The maximum absolute atomic E-state index is 12.4. The van der Waals surface area contributed by atoms with Crippen molar-refractivity contribution in [1.82, 2.24) is 0 Å². The molecule has 0 saturated carbocycles. The molecule has 5 nitrogen and oxygen atoms in total. The fourth-order valence-corrected chi connectivity index (χ4v) is 3.23. The summed E-state index contributed by atoms with van der Waals surface area (Å²) in [5.41, 5.74) is 3.56. The topological polar surface area (TPSA) is 64.6 Å². The van der Waals surface area contributed by atoms with Crippen molar-refractivity contribution in [2.75, 3.05) is 11.9 Å². The normalized spacial score (nSPS) is 14.0. The average Bonchev–Trinajstić information content (AvgIpc) is 2.69. The first kappa shape index (κ1) is 19.0. The SMILES string of the molecule is CCOc1ccccc1NC(=O)[C@H](C)OC(=O)c1ccc2c(c1)CCCC2. The highest BCUT2D eigenvalue weighted by Crippen LogP contribution is 2.25. The van der Waals surface area contributed by atoms with E-state index in [4.69, 9.17) is 9.47 Å². The molecule has 0 aliphatic heterocycles. The molecule has 0 heterocycles. The van der Waals surface area contributed by atoms with Crippen LogP contribution in [-0.4, -0.2) is 24.6 Å². The van der Waals surface area contributed by atoms with Crippen LogP contribution in [-0.2, 0) is 22.4 Å². The van der Waals surface area contributed by atoms with Crippen LogP contribution in [0.5, 0.6) is 5.75 Å². The Morgan fingerprint density at radius 2 is 1.81 bits per heavy atom. The predicted molar refractivity (Wildman–Crippen MR) is 104 cm³/mol. The molecule has 0 radical (unpaired) electrons. The minimum Gasteiger partial charge on any atom is -0.492 e. The van der Waals surface area contributed by atoms with Gasteiger partial charge in [-0.3, -0.25) is 4.79 Å². The lowest BCUT2D eigenvalue weighted by molar-refractivity contribution is -0.123. The number of carbonyl (C=O) groups excluding carboxylic acids is 2. The molecule has 0 fully saturated rings. The molecular formula is C22H25NO4. The second-order valence-electron chi connectivity index (χ2n) is 6.66. The predicted octanol–water partition coefficient (Wildman–Crippen LogP) is 4.15. The highest BCUT2D eigenvalue weighted by molar-refractivity contribution is 5.98. The number of esters is 1. The summed E-state index contributed by atoms with van der Waals surface area (Å²) in [6.07, 6.45) is 3.47. The van der Waals surface area contributed by atoms with E-state index in [1.165, 1.54) is 17.5 Å². The van der Waals surface area contributed by atoms with Gasteiger partial charge in [0.1, 0.15) is 5.75 Å². The van der Waals surface area contributed by atoms with E-state index in [0.717, 1.165) is 19.3 Å². The van der Waals surface area contributed by atoms with Crippen LogP contribution in [0.25, 0.3) is 0 Å². The Morgan fingerprint density at radius 1 is 1.07 bits per heavy atom. The number of nitrogens with one attached hydrogen (secondary N) is 1. The highest BCUT2D eigenvalue weighted by atomic mass is 16.5. The number of aryl methyl sites for hydroxylation is 2. The molecule has 142 valence electrons. The van der Waals surface area contributed by atoms with E-state index in [-0.39, 0.29) is 0 Å². The molecule has 5 heteroatoms. The third kappa shape index (κ3) is 4.67. The molecule has 27 heavy (non-hydrogen) atoms. The standard InChI is InChI=1S/C22H25NO4/c1-3-26-20-11-7-6-10-19(20)23-21(24)15(2)27-22(25)18-13-12-16-8-4-5-9-17(16)14-18/h6-7,10-15H,3-5,8-9H2,1-2H3,(H,23,24)/t15-/m0/s1. The Kier molecular flexibility index (Phi) is 6.12. The summed E-state index contributed by atoms with van der Waals surface area (Å²) < 4.78 is 10.9. The van der Waals surface area contributed by atoms with Crippen molar-refractivity contribution in [2.45, 2.75) is 45.6 Å². The quantitative estimate of drug-likeness (QED) is 0.779. The van der Waals surface area contributed by atoms with E-state index in [1.54, 1.807) is 25.1 Å². The molecule has 0 unspecified atom stereocenters. The van der Waals surface area contributed by atoms with Crippen LogP contribution in [0.3, 0.4) is 0 Å². The van der Waals surface area contributed by atoms with E-state index in [0.29, 0.717) is 23.6 Å². The molecule has 2 aromatic carbocycles. The number of hydrogen-bond donors (Lipinski definition) is 1. The molecule has 3 rings (SSSR count). The monoisotopic (exact) mass is 367 g/mol. The largest absolute Gasteiger partial charge is 0.492 e. The van der Waals surface area contributed by atoms with Crippen LogP contribution in [0.1, 0.15) is 48.2 Å². The zero-order valence-electron chi connectivity index (χ0n) is 15.8. The van der Waals surface area contributed by atoms with Crippen LogP contribution in [0.15, 0.2) is 42.5 Å². The summed E-state index contributed by atoms with van der Waals surface area (Å²) in [5, 5.41) is 2.76. The third-order valence-electron chi connectivity index (χ3n) is 4.68. The fourth-order valence-electron chi connectivity index (χ4n) is 3.23. The molecule has 0 bridgehead atoms. The van der Waals surface area contributed by atoms with Gasteiger partial charge in [0.25, 0.3) is 5.91 Å². The Morgan fingerprint density at radius 3 is 2.59 bits per heavy atom. The first-order chi connectivity index (χ1) is 13.1. The number of rotatable bonds is 6. The van der Waals surface area contributed by atoms with Gasteiger partial charge >= 0.3 is 5.97 Å². The van der Waals surface area contributed by atoms with E-state index in [1.807, 2.05) is 31.2 Å². The van der Waals surface area contributed by atoms with Gasteiger partial charge in [-0.25, -0.2) is 4.79 Å². The Labute approximate surface area is 159 Å². The molecule has 0 aromatic heterocycles. The van der Waals surface area contributed by atoms with E-state index >= 15 is 0 Å². The molecule has 2 aromatic rings. The number of carbonyl (C=O) groups is 2. The number of fused-ring (bicyclic) bond motifs is 1. The molecule has 1 aliphatic carbocycles. The molecule has 0 saturated heterocycles. The van der Waals surface area contributed by atoms with E-state index in [2.05, 4.69) is 5.32 Å². The first-order valence-electron chi connectivity index (χ1n) is 9.44. The molecule has 0 spiro atoms. The van der Waals surface area contributed by atoms with Crippen molar-refractivity contribution < 1.29 is 19.1 Å². The number of benzene rings is 2. The molecule has 1 aliphatic rings. The summed E-state index contributed by atoms with van der Waals surface area (Å²) in [6.45, 7) is 3.94. The van der Waals surface area contributed by atoms with E-state index in [9.17, 15) is 9.59 Å². The van der Waals surface area contributed by atoms with Crippen LogP contribution in [0.4, 0.5) is 5.69 Å². The second kappa shape index (κ2) is 8.71. The third-order valence-corrected chi connectivity index (χ3v) is 4.68. The Balaban J connectivity index is 1.63. The van der Waals surface area contributed by atoms with Crippen molar-refractivity contribution in [3.05, 3.63) is 59.2 Å². The summed E-state index contributed by atoms with van der Waals surface area (Å²) in [6, 6.07) is 12.8. The van der Waals surface area contributed by atoms with Crippen LogP contribution in [0.2, 0.25) is 0 Å². The lowest BCUT2D eigenvalue weighted by Crippen LogP contribution is -2.30. The van der Waals surface area contributed by atoms with Crippen molar-refractivity contribution >= 4 is 17.6 Å². The van der Waals surface area contributed by atoms with Gasteiger partial charge < -0.3 is 14.8 Å². The summed E-state index contributed by atoms with van der Waals surface area (Å²) in [7, 11) is 0. The Hall–Kier alpha value is -2.82. The fraction of sp³-hybridized carbons (Fsp3) is 0.364. The van der Waals surface area contributed by atoms with Gasteiger partial charge in [-0.1, -0.05) is 18.2 Å². The van der Waals surface area contributed by atoms with Gasteiger partial charge in [-0.15, -0.1) is 0 Å². The number of anilines is 1. The molecule has 1 amide bonds. The van der Waals surface area contributed by atoms with Gasteiger partial charge in [-0.2, -0.15) is 0 Å². The zero-order chi connectivity index (χ0) is 19.2. The minimum atomic E-state index is -0.914. The number of para-hydroxylation sites is 2. The van der Waals surface area contributed by atoms with Crippen LogP contribution in [0, 0.1) is 0 Å². The number of hydrogen-bond acceptors (Lipinski definition) is 4. The van der Waals surface area contributed by atoms with Crippen molar-refractivity contribution in [3.63, 3.8) is 0 Å². The molecule has 1 atom stereocenters. The van der Waals surface area contributed by atoms with Crippen LogP contribution >= 0.6 is 0 Å². The summed E-state index contributed by atoms with van der Waals surface area (Å²) >= 11 is 0. The van der Waals surface area contributed by atoms with Crippen molar-refractivity contribution in [3.8, 4) is 5.75 Å². The van der Waals surface area contributed by atoms with Crippen LogP contribution < -0.4 is 10.1 Å². The average molecular weight is 367 g/mol. The number of amides is 1. The maximum Gasteiger partial charge on any atom is 0.338 e. The molecular weight excluding hydrogens is 342 g/mol. The van der Waals surface area contributed by atoms with Gasteiger partial charge in [-0.05, 0) is 74.9 Å². The van der Waals surface area contributed by atoms with Gasteiger partial charge in [0.05, 0.1) is 17.9 Å². The first-order valence-corrected chi connectivity index (χ1v) is 9.44. The Bertz CT molecular complexity index is 831.